The summed E-state index contributed by atoms with van der Waals surface area (Å²) in [5.41, 5.74) is 0.0261. The minimum atomic E-state index is -3.70. The fourth-order valence-electron chi connectivity index (χ4n) is 2.76. The molecule has 1 heterocycles. The number of nitro benzene ring substituents is 1. The molecule has 24 heavy (non-hydrogen) atoms. The number of hydrogen-bond acceptors (Lipinski definition) is 6. The van der Waals surface area contributed by atoms with Crippen molar-refractivity contribution in [1.29, 1.82) is 0 Å². The van der Waals surface area contributed by atoms with Crippen LogP contribution < -0.4 is 5.32 Å². The standard InChI is InChI=1S/C15H23N3O5S/c1-12(11-23-2)16-14-7-6-13(10-15(14)18(19)20)24(21,22)17-8-4-3-5-9-17/h6-7,10,12,16H,3-5,8-9,11H2,1-2H3/t12-/m0/s1. The maximum Gasteiger partial charge on any atom is 0.293 e. The molecule has 8 nitrogen and oxygen atoms in total. The molecule has 9 heteroatoms. The lowest BCUT2D eigenvalue weighted by molar-refractivity contribution is -0.384. The molecule has 0 aliphatic carbocycles. The second-order valence-electron chi connectivity index (χ2n) is 5.90. The molecular formula is C15H23N3O5S. The lowest BCUT2D eigenvalue weighted by atomic mass is 10.2. The molecule has 1 aromatic rings. The van der Waals surface area contributed by atoms with Crippen LogP contribution in [0.15, 0.2) is 23.1 Å². The van der Waals surface area contributed by atoms with Gasteiger partial charge in [-0.05, 0) is 31.9 Å². The Balaban J connectivity index is 2.32. The fraction of sp³-hybridized carbons (Fsp3) is 0.600. The summed E-state index contributed by atoms with van der Waals surface area (Å²) in [5, 5.41) is 14.3. The van der Waals surface area contributed by atoms with E-state index in [-0.39, 0.29) is 22.3 Å². The van der Waals surface area contributed by atoms with E-state index in [1.165, 1.54) is 16.4 Å². The molecule has 2 rings (SSSR count). The van der Waals surface area contributed by atoms with Crippen molar-refractivity contribution >= 4 is 21.4 Å². The molecule has 0 radical (unpaired) electrons. The largest absolute Gasteiger partial charge is 0.383 e. The molecule has 0 bridgehead atoms. The first-order chi connectivity index (χ1) is 11.4. The van der Waals surface area contributed by atoms with Crippen LogP contribution in [0.4, 0.5) is 11.4 Å². The van der Waals surface area contributed by atoms with Crippen LogP contribution in [0.2, 0.25) is 0 Å². The van der Waals surface area contributed by atoms with Gasteiger partial charge >= 0.3 is 0 Å². The van der Waals surface area contributed by atoms with Gasteiger partial charge in [-0.1, -0.05) is 6.42 Å². The number of rotatable bonds is 7. The summed E-state index contributed by atoms with van der Waals surface area (Å²) in [4.78, 5) is 10.7. The molecule has 1 atom stereocenters. The van der Waals surface area contributed by atoms with E-state index in [4.69, 9.17) is 4.74 Å². The molecule has 1 N–H and O–H groups in total. The van der Waals surface area contributed by atoms with E-state index in [9.17, 15) is 18.5 Å². The van der Waals surface area contributed by atoms with Gasteiger partial charge in [0.2, 0.25) is 10.0 Å². The summed E-state index contributed by atoms with van der Waals surface area (Å²) >= 11 is 0. The Morgan fingerprint density at radius 1 is 1.33 bits per heavy atom. The van der Waals surface area contributed by atoms with Crippen molar-refractivity contribution in [3.8, 4) is 0 Å². The molecule has 0 aromatic heterocycles. The number of nitro groups is 1. The lowest BCUT2D eigenvalue weighted by Gasteiger charge is -2.26. The van der Waals surface area contributed by atoms with E-state index in [0.717, 1.165) is 25.3 Å². The predicted octanol–water partition coefficient (Wildman–Crippen LogP) is 2.22. The topological polar surface area (TPSA) is 102 Å². The molecule has 1 aliphatic heterocycles. The van der Waals surface area contributed by atoms with Gasteiger partial charge in [-0.3, -0.25) is 10.1 Å². The Morgan fingerprint density at radius 2 is 2.00 bits per heavy atom. The van der Waals surface area contributed by atoms with E-state index in [1.807, 2.05) is 6.92 Å². The summed E-state index contributed by atoms with van der Waals surface area (Å²) in [6.07, 6.45) is 2.64. The molecule has 0 spiro atoms. The predicted molar refractivity (Wildman–Crippen MR) is 90.7 cm³/mol. The Labute approximate surface area is 142 Å². The minimum absolute atomic E-state index is 0.0407. The first kappa shape index (κ1) is 18.6. The zero-order valence-corrected chi connectivity index (χ0v) is 14.7. The highest BCUT2D eigenvalue weighted by Gasteiger charge is 2.28. The third kappa shape index (κ3) is 4.22. The van der Waals surface area contributed by atoms with E-state index in [1.54, 1.807) is 7.11 Å². The quantitative estimate of drug-likeness (QED) is 0.593. The fourth-order valence-corrected chi connectivity index (χ4v) is 4.29. The highest BCUT2D eigenvalue weighted by atomic mass is 32.2. The number of nitrogens with zero attached hydrogens (tertiary/aromatic N) is 2. The molecule has 0 amide bonds. The first-order valence-corrected chi connectivity index (χ1v) is 9.34. The summed E-state index contributed by atoms with van der Waals surface area (Å²) in [7, 11) is -2.15. The molecule has 1 saturated heterocycles. The second kappa shape index (κ2) is 7.91. The number of hydrogen-bond donors (Lipinski definition) is 1. The van der Waals surface area contributed by atoms with Crippen LogP contribution in [-0.2, 0) is 14.8 Å². The van der Waals surface area contributed by atoms with E-state index in [2.05, 4.69) is 5.32 Å². The SMILES string of the molecule is COC[C@H](C)Nc1ccc(S(=O)(=O)N2CCCCC2)cc1[N+](=O)[O-]. The van der Waals surface area contributed by atoms with Gasteiger partial charge in [0, 0.05) is 32.3 Å². The molecule has 1 aromatic carbocycles. The summed E-state index contributed by atoms with van der Waals surface area (Å²) in [5.74, 6) is 0. The number of anilines is 1. The molecule has 134 valence electrons. The van der Waals surface area contributed by atoms with Gasteiger partial charge in [0.05, 0.1) is 16.4 Å². The third-order valence-corrected chi connectivity index (χ3v) is 5.83. The van der Waals surface area contributed by atoms with Crippen molar-refractivity contribution in [2.75, 3.05) is 32.1 Å². The van der Waals surface area contributed by atoms with Crippen molar-refractivity contribution < 1.29 is 18.1 Å². The number of nitrogens with one attached hydrogen (secondary N) is 1. The Morgan fingerprint density at radius 3 is 2.58 bits per heavy atom. The molecule has 0 saturated carbocycles. The van der Waals surface area contributed by atoms with Crippen LogP contribution in [0.3, 0.4) is 0 Å². The van der Waals surface area contributed by atoms with Crippen LogP contribution >= 0.6 is 0 Å². The van der Waals surface area contributed by atoms with Gasteiger partial charge in [-0.15, -0.1) is 0 Å². The van der Waals surface area contributed by atoms with Gasteiger partial charge in [-0.25, -0.2) is 8.42 Å². The zero-order valence-electron chi connectivity index (χ0n) is 13.9. The molecule has 1 aliphatic rings. The van der Waals surface area contributed by atoms with Gasteiger partial charge in [0.15, 0.2) is 0 Å². The molecular weight excluding hydrogens is 334 g/mol. The van der Waals surface area contributed by atoms with Crippen LogP contribution in [0.1, 0.15) is 26.2 Å². The number of piperidine rings is 1. The number of ether oxygens (including phenoxy) is 1. The maximum atomic E-state index is 12.7. The van der Waals surface area contributed by atoms with E-state index in [0.29, 0.717) is 19.7 Å². The van der Waals surface area contributed by atoms with Gasteiger partial charge in [-0.2, -0.15) is 4.31 Å². The Hall–Kier alpha value is -1.71. The summed E-state index contributed by atoms with van der Waals surface area (Å²) in [6.45, 7) is 3.12. The minimum Gasteiger partial charge on any atom is -0.383 e. The van der Waals surface area contributed by atoms with Crippen molar-refractivity contribution in [3.63, 3.8) is 0 Å². The number of methoxy groups -OCH3 is 1. The van der Waals surface area contributed by atoms with Crippen molar-refractivity contribution in [3.05, 3.63) is 28.3 Å². The average Bonchev–Trinajstić information content (AvgIpc) is 2.55. The van der Waals surface area contributed by atoms with Crippen molar-refractivity contribution in [1.82, 2.24) is 4.31 Å². The number of sulfonamides is 1. The van der Waals surface area contributed by atoms with Crippen LogP contribution in [0.25, 0.3) is 0 Å². The van der Waals surface area contributed by atoms with Gasteiger partial charge in [0.1, 0.15) is 5.69 Å². The third-order valence-electron chi connectivity index (χ3n) is 3.94. The molecule has 0 unspecified atom stereocenters. The van der Waals surface area contributed by atoms with Gasteiger partial charge in [0.25, 0.3) is 5.69 Å². The van der Waals surface area contributed by atoms with Crippen LogP contribution in [0.5, 0.6) is 0 Å². The van der Waals surface area contributed by atoms with E-state index >= 15 is 0 Å². The second-order valence-corrected chi connectivity index (χ2v) is 7.84. The van der Waals surface area contributed by atoms with Crippen molar-refractivity contribution in [2.45, 2.75) is 37.1 Å². The highest BCUT2D eigenvalue weighted by molar-refractivity contribution is 7.89. The zero-order chi connectivity index (χ0) is 17.7. The van der Waals surface area contributed by atoms with E-state index < -0.39 is 14.9 Å². The average molecular weight is 357 g/mol. The maximum absolute atomic E-state index is 12.7. The summed E-state index contributed by atoms with van der Waals surface area (Å²) < 4.78 is 31.7. The summed E-state index contributed by atoms with van der Waals surface area (Å²) in [6, 6.07) is 3.85. The van der Waals surface area contributed by atoms with Gasteiger partial charge < -0.3 is 10.1 Å². The van der Waals surface area contributed by atoms with Crippen LogP contribution in [0, 0.1) is 10.1 Å². The normalized spacial score (nSPS) is 17.4. The van der Waals surface area contributed by atoms with Crippen molar-refractivity contribution in [2.24, 2.45) is 0 Å². The highest BCUT2D eigenvalue weighted by Crippen LogP contribution is 2.30. The first-order valence-electron chi connectivity index (χ1n) is 7.90. The molecule has 1 fully saturated rings. The lowest BCUT2D eigenvalue weighted by Crippen LogP contribution is -2.35. The number of benzene rings is 1. The monoisotopic (exact) mass is 357 g/mol. The Bertz CT molecular complexity index is 686. The Kier molecular flexibility index (Phi) is 6.14. The van der Waals surface area contributed by atoms with Crippen LogP contribution in [-0.4, -0.2) is 50.5 Å². The smallest absolute Gasteiger partial charge is 0.293 e.